The molecule has 1 aromatic carbocycles. The number of hydrogen-bond donors (Lipinski definition) is 2. The molecule has 0 aromatic heterocycles. The number of esters is 1. The second kappa shape index (κ2) is 6.36. The first-order valence-electron chi connectivity index (χ1n) is 5.12. The van der Waals surface area contributed by atoms with Crippen molar-refractivity contribution in [2.24, 2.45) is 5.73 Å². The minimum Gasteiger partial charge on any atom is -0.506 e. The summed E-state index contributed by atoms with van der Waals surface area (Å²) in [6.45, 7) is 1.61. The third-order valence-corrected chi connectivity index (χ3v) is 2.99. The van der Waals surface area contributed by atoms with Crippen LogP contribution in [0.25, 0.3) is 0 Å². The molecule has 18 heavy (non-hydrogen) atoms. The molecule has 0 bridgehead atoms. The molecular formula is C11H12BrClFNO3. The van der Waals surface area contributed by atoms with Gasteiger partial charge in [-0.15, -0.1) is 0 Å². The number of phenolic OH excluding ortho intramolecular Hbond substituents is 1. The maximum atomic E-state index is 13.7. The summed E-state index contributed by atoms with van der Waals surface area (Å²) in [5.74, 6) is -1.42. The summed E-state index contributed by atoms with van der Waals surface area (Å²) in [6.07, 6.45) is -2.07. The summed E-state index contributed by atoms with van der Waals surface area (Å²) in [5, 5.41) is 9.72. The standard InChI is InChI=1S/C11H12BrClFNO3/c1-2-18-11(17)8(14)9(15)6-3-5(12)4-7(13)10(6)16/h3-4,8-9,16H,2,15H2,1H3/t8?,9-/m0/s1. The van der Waals surface area contributed by atoms with Gasteiger partial charge in [-0.1, -0.05) is 27.5 Å². The molecule has 0 saturated heterocycles. The van der Waals surface area contributed by atoms with Gasteiger partial charge >= 0.3 is 5.97 Å². The molecule has 1 aromatic rings. The van der Waals surface area contributed by atoms with Gasteiger partial charge in [-0.05, 0) is 19.1 Å². The molecule has 7 heteroatoms. The van der Waals surface area contributed by atoms with Crippen molar-refractivity contribution in [3.8, 4) is 5.75 Å². The molecule has 0 amide bonds. The molecule has 0 fully saturated rings. The van der Waals surface area contributed by atoms with Crippen LogP contribution < -0.4 is 5.73 Å². The van der Waals surface area contributed by atoms with Gasteiger partial charge in [0, 0.05) is 10.0 Å². The summed E-state index contributed by atoms with van der Waals surface area (Å²) < 4.78 is 18.8. The maximum Gasteiger partial charge on any atom is 0.342 e. The van der Waals surface area contributed by atoms with Crippen molar-refractivity contribution in [2.75, 3.05) is 6.61 Å². The van der Waals surface area contributed by atoms with Gasteiger partial charge in [0.05, 0.1) is 17.7 Å². The highest BCUT2D eigenvalue weighted by molar-refractivity contribution is 9.10. The zero-order chi connectivity index (χ0) is 13.9. The number of benzene rings is 1. The van der Waals surface area contributed by atoms with Crippen LogP contribution in [0.3, 0.4) is 0 Å². The number of phenols is 1. The number of nitrogens with two attached hydrogens (primary N) is 1. The first-order chi connectivity index (χ1) is 8.38. The van der Waals surface area contributed by atoms with Crippen LogP contribution in [0, 0.1) is 0 Å². The van der Waals surface area contributed by atoms with E-state index in [2.05, 4.69) is 20.7 Å². The van der Waals surface area contributed by atoms with E-state index in [9.17, 15) is 14.3 Å². The topological polar surface area (TPSA) is 72.5 Å². The minimum absolute atomic E-state index is 0.0193. The molecule has 4 nitrogen and oxygen atoms in total. The van der Waals surface area contributed by atoms with E-state index in [1.54, 1.807) is 6.92 Å². The van der Waals surface area contributed by atoms with Gasteiger partial charge in [-0.2, -0.15) is 0 Å². The maximum absolute atomic E-state index is 13.7. The molecule has 0 heterocycles. The highest BCUT2D eigenvalue weighted by Gasteiger charge is 2.30. The number of aromatic hydroxyl groups is 1. The number of halogens is 3. The van der Waals surface area contributed by atoms with Crippen molar-refractivity contribution in [1.82, 2.24) is 0 Å². The van der Waals surface area contributed by atoms with E-state index in [0.717, 1.165) is 0 Å². The number of hydrogen-bond acceptors (Lipinski definition) is 4. The summed E-state index contributed by atoms with van der Waals surface area (Å²) in [7, 11) is 0. The van der Waals surface area contributed by atoms with E-state index in [-0.39, 0.29) is 22.9 Å². The highest BCUT2D eigenvalue weighted by atomic mass is 79.9. The molecule has 0 aliphatic rings. The van der Waals surface area contributed by atoms with Gasteiger partial charge in [0.2, 0.25) is 6.17 Å². The Bertz CT molecular complexity index is 458. The summed E-state index contributed by atoms with van der Waals surface area (Å²) in [5.41, 5.74) is 5.63. The molecule has 0 radical (unpaired) electrons. The molecule has 1 unspecified atom stereocenters. The van der Waals surface area contributed by atoms with E-state index in [1.807, 2.05) is 0 Å². The van der Waals surface area contributed by atoms with Crippen molar-refractivity contribution < 1.29 is 19.0 Å². The van der Waals surface area contributed by atoms with Gasteiger partial charge < -0.3 is 15.6 Å². The first kappa shape index (κ1) is 15.2. The zero-order valence-electron chi connectivity index (χ0n) is 9.49. The lowest BCUT2D eigenvalue weighted by atomic mass is 10.0. The Balaban J connectivity index is 3.03. The largest absolute Gasteiger partial charge is 0.506 e. The van der Waals surface area contributed by atoms with Gasteiger partial charge in [-0.3, -0.25) is 0 Å². The highest BCUT2D eigenvalue weighted by Crippen LogP contribution is 2.35. The molecule has 1 rings (SSSR count). The van der Waals surface area contributed by atoms with Crippen LogP contribution in [-0.4, -0.2) is 23.9 Å². The van der Waals surface area contributed by atoms with E-state index < -0.39 is 18.2 Å². The quantitative estimate of drug-likeness (QED) is 0.827. The molecule has 0 aliphatic heterocycles. The zero-order valence-corrected chi connectivity index (χ0v) is 11.8. The number of ether oxygens (including phenoxy) is 1. The van der Waals surface area contributed by atoms with Crippen LogP contribution >= 0.6 is 27.5 Å². The van der Waals surface area contributed by atoms with Gasteiger partial charge in [0.25, 0.3) is 0 Å². The lowest BCUT2D eigenvalue weighted by molar-refractivity contribution is -0.149. The molecule has 0 saturated carbocycles. The average Bonchev–Trinajstić information content (AvgIpc) is 2.32. The van der Waals surface area contributed by atoms with Crippen LogP contribution in [0.5, 0.6) is 5.75 Å². The van der Waals surface area contributed by atoms with E-state index in [4.69, 9.17) is 17.3 Å². The van der Waals surface area contributed by atoms with E-state index in [0.29, 0.717) is 4.47 Å². The number of carbonyl (C=O) groups excluding carboxylic acids is 1. The van der Waals surface area contributed by atoms with Crippen LogP contribution in [0.2, 0.25) is 5.02 Å². The van der Waals surface area contributed by atoms with E-state index in [1.165, 1.54) is 12.1 Å². The Morgan fingerprint density at radius 1 is 1.67 bits per heavy atom. The fraction of sp³-hybridized carbons (Fsp3) is 0.364. The Labute approximate surface area is 117 Å². The van der Waals surface area contributed by atoms with Crippen molar-refractivity contribution in [2.45, 2.75) is 19.1 Å². The van der Waals surface area contributed by atoms with Crippen molar-refractivity contribution in [1.29, 1.82) is 0 Å². The number of alkyl halides is 1. The average molecular weight is 341 g/mol. The predicted octanol–water partition coefficient (Wildman–Crippen LogP) is 2.71. The lowest BCUT2D eigenvalue weighted by Gasteiger charge is -2.17. The van der Waals surface area contributed by atoms with Crippen LogP contribution in [0.1, 0.15) is 18.5 Å². The Hall–Kier alpha value is -0.850. The smallest absolute Gasteiger partial charge is 0.342 e. The normalized spacial score (nSPS) is 14.1. The van der Waals surface area contributed by atoms with Crippen LogP contribution in [-0.2, 0) is 9.53 Å². The van der Waals surface area contributed by atoms with Gasteiger partial charge in [0.15, 0.2) is 0 Å². The Morgan fingerprint density at radius 2 is 2.28 bits per heavy atom. The van der Waals surface area contributed by atoms with Crippen LogP contribution in [0.15, 0.2) is 16.6 Å². The molecule has 3 N–H and O–H groups in total. The molecule has 100 valence electrons. The van der Waals surface area contributed by atoms with Gasteiger partial charge in [0.1, 0.15) is 5.75 Å². The third-order valence-electron chi connectivity index (χ3n) is 2.24. The summed E-state index contributed by atoms with van der Waals surface area (Å²) in [4.78, 5) is 11.2. The monoisotopic (exact) mass is 339 g/mol. The number of rotatable bonds is 4. The van der Waals surface area contributed by atoms with Crippen molar-refractivity contribution >= 4 is 33.5 Å². The van der Waals surface area contributed by atoms with Crippen molar-refractivity contribution in [3.05, 3.63) is 27.2 Å². The second-order valence-electron chi connectivity index (χ2n) is 3.51. The van der Waals surface area contributed by atoms with Crippen LogP contribution in [0.4, 0.5) is 4.39 Å². The second-order valence-corrected chi connectivity index (χ2v) is 4.83. The Kier molecular flexibility index (Phi) is 5.37. The number of carbonyl (C=O) groups is 1. The Morgan fingerprint density at radius 3 is 2.83 bits per heavy atom. The fourth-order valence-corrected chi connectivity index (χ4v) is 2.20. The fourth-order valence-electron chi connectivity index (χ4n) is 1.37. The molecular weight excluding hydrogens is 328 g/mol. The van der Waals surface area contributed by atoms with Gasteiger partial charge in [-0.25, -0.2) is 9.18 Å². The minimum atomic E-state index is -2.07. The summed E-state index contributed by atoms with van der Waals surface area (Å²) >= 11 is 8.88. The molecule has 0 aliphatic carbocycles. The SMILES string of the molecule is CCOC(=O)C(F)[C@@H](N)c1cc(Br)cc(Cl)c1O. The summed E-state index contributed by atoms with van der Waals surface area (Å²) in [6, 6.07) is 1.49. The third kappa shape index (κ3) is 3.34. The van der Waals surface area contributed by atoms with E-state index >= 15 is 0 Å². The van der Waals surface area contributed by atoms with Crippen molar-refractivity contribution in [3.63, 3.8) is 0 Å². The molecule has 0 spiro atoms. The lowest BCUT2D eigenvalue weighted by Crippen LogP contribution is -2.31. The first-order valence-corrected chi connectivity index (χ1v) is 6.29. The molecule has 2 atom stereocenters. The predicted molar refractivity (Wildman–Crippen MR) is 69.3 cm³/mol.